The number of ether oxygens (including phenoxy) is 3. The largest absolute Gasteiger partial charge is 0.444 e. The standard InChI is InChI=1S/C24H34ClN5O5/c1-14-10-16(11-15(2)20(14)25)30-21(27-22(31)26-12-19(33-6)34-7)17-13-29(9-8-18(17)28-30)23(32)35-24(3,4)5/h10-11,19H,8-9,12-13H2,1-7H3,(H2,26,27,31). The van der Waals surface area contributed by atoms with Crippen LogP contribution in [-0.4, -0.2) is 66.0 Å². The molecule has 10 nitrogen and oxygen atoms in total. The van der Waals surface area contributed by atoms with Crippen molar-refractivity contribution in [2.24, 2.45) is 0 Å². The van der Waals surface area contributed by atoms with Crippen LogP contribution in [0.4, 0.5) is 15.4 Å². The number of benzene rings is 1. The van der Waals surface area contributed by atoms with Gasteiger partial charge in [-0.3, -0.25) is 5.32 Å². The van der Waals surface area contributed by atoms with E-state index in [4.69, 9.17) is 30.9 Å². The molecule has 0 unspecified atom stereocenters. The second-order valence-corrected chi connectivity index (χ2v) is 9.85. The maximum absolute atomic E-state index is 12.8. The van der Waals surface area contributed by atoms with Crippen molar-refractivity contribution in [1.82, 2.24) is 20.0 Å². The van der Waals surface area contributed by atoms with Crippen LogP contribution in [0.3, 0.4) is 0 Å². The summed E-state index contributed by atoms with van der Waals surface area (Å²) in [6.45, 7) is 10.2. The van der Waals surface area contributed by atoms with Crippen molar-refractivity contribution in [3.8, 4) is 5.69 Å². The van der Waals surface area contributed by atoms with Crippen LogP contribution >= 0.6 is 11.6 Å². The third-order valence-electron chi connectivity index (χ3n) is 5.54. The Labute approximate surface area is 210 Å². The van der Waals surface area contributed by atoms with Gasteiger partial charge in [0.2, 0.25) is 0 Å². The fraction of sp³-hybridized carbons (Fsp3) is 0.542. The lowest BCUT2D eigenvalue weighted by atomic mass is 10.1. The number of hydrogen-bond acceptors (Lipinski definition) is 6. The van der Waals surface area contributed by atoms with E-state index in [-0.39, 0.29) is 13.1 Å². The predicted octanol–water partition coefficient (Wildman–Crippen LogP) is 4.18. The minimum absolute atomic E-state index is 0.151. The van der Waals surface area contributed by atoms with Crippen LogP contribution in [0.5, 0.6) is 0 Å². The number of methoxy groups -OCH3 is 2. The van der Waals surface area contributed by atoms with Crippen LogP contribution in [0.25, 0.3) is 5.69 Å². The lowest BCUT2D eigenvalue weighted by molar-refractivity contribution is -0.0970. The molecule has 11 heteroatoms. The van der Waals surface area contributed by atoms with Gasteiger partial charge >= 0.3 is 12.1 Å². The van der Waals surface area contributed by atoms with E-state index in [0.717, 1.165) is 28.1 Å². The van der Waals surface area contributed by atoms with Crippen LogP contribution < -0.4 is 10.6 Å². The number of amides is 3. The van der Waals surface area contributed by atoms with Crippen molar-refractivity contribution in [1.29, 1.82) is 0 Å². The smallest absolute Gasteiger partial charge is 0.410 e. The molecular formula is C24H34ClN5O5. The first-order chi connectivity index (χ1) is 16.4. The monoisotopic (exact) mass is 507 g/mol. The Morgan fingerprint density at radius 1 is 1.17 bits per heavy atom. The topological polar surface area (TPSA) is 107 Å². The first-order valence-electron chi connectivity index (χ1n) is 11.4. The molecule has 0 spiro atoms. The van der Waals surface area contributed by atoms with E-state index < -0.39 is 24.0 Å². The summed E-state index contributed by atoms with van der Waals surface area (Å²) in [5.41, 5.74) is 3.48. The van der Waals surface area contributed by atoms with E-state index in [1.165, 1.54) is 14.2 Å². The molecule has 192 valence electrons. The Hall–Kier alpha value is -2.82. The first-order valence-corrected chi connectivity index (χ1v) is 11.8. The molecule has 0 fully saturated rings. The number of nitrogens with zero attached hydrogens (tertiary/aromatic N) is 3. The number of anilines is 1. The second-order valence-electron chi connectivity index (χ2n) is 9.47. The number of carbonyl (C=O) groups is 2. The molecule has 1 aromatic carbocycles. The molecule has 0 aliphatic carbocycles. The molecule has 0 saturated heterocycles. The first kappa shape index (κ1) is 26.8. The molecule has 2 aromatic rings. The highest BCUT2D eigenvalue weighted by molar-refractivity contribution is 6.32. The lowest BCUT2D eigenvalue weighted by Gasteiger charge is -2.30. The molecule has 0 radical (unpaired) electrons. The highest BCUT2D eigenvalue weighted by atomic mass is 35.5. The van der Waals surface area contributed by atoms with Gasteiger partial charge in [-0.15, -0.1) is 0 Å². The number of nitrogens with one attached hydrogen (secondary N) is 2. The maximum Gasteiger partial charge on any atom is 0.410 e. The second kappa shape index (κ2) is 10.8. The van der Waals surface area contributed by atoms with E-state index >= 15 is 0 Å². The maximum atomic E-state index is 12.8. The molecule has 1 aliphatic rings. The quantitative estimate of drug-likeness (QED) is 0.568. The predicted molar refractivity (Wildman–Crippen MR) is 133 cm³/mol. The summed E-state index contributed by atoms with van der Waals surface area (Å²) in [4.78, 5) is 27.2. The Kier molecular flexibility index (Phi) is 8.30. The van der Waals surface area contributed by atoms with Gasteiger partial charge in [0.25, 0.3) is 0 Å². The van der Waals surface area contributed by atoms with Crippen molar-refractivity contribution in [2.45, 2.75) is 59.5 Å². The van der Waals surface area contributed by atoms with Gasteiger partial charge < -0.3 is 24.4 Å². The Morgan fingerprint density at radius 2 is 1.80 bits per heavy atom. The molecule has 35 heavy (non-hydrogen) atoms. The zero-order valence-electron chi connectivity index (χ0n) is 21.3. The molecule has 0 saturated carbocycles. The van der Waals surface area contributed by atoms with Gasteiger partial charge in [-0.25, -0.2) is 14.3 Å². The van der Waals surface area contributed by atoms with Gasteiger partial charge in [-0.1, -0.05) is 11.6 Å². The fourth-order valence-electron chi connectivity index (χ4n) is 3.81. The number of fused-ring (bicyclic) bond motifs is 1. The van der Waals surface area contributed by atoms with E-state index in [9.17, 15) is 9.59 Å². The summed E-state index contributed by atoms with van der Waals surface area (Å²) in [6.07, 6.45) is -0.463. The fourth-order valence-corrected chi connectivity index (χ4v) is 3.92. The minimum Gasteiger partial charge on any atom is -0.444 e. The zero-order valence-corrected chi connectivity index (χ0v) is 22.1. The average Bonchev–Trinajstić information content (AvgIpc) is 3.14. The number of aryl methyl sites for hydroxylation is 2. The zero-order chi connectivity index (χ0) is 25.9. The van der Waals surface area contributed by atoms with Gasteiger partial charge in [-0.2, -0.15) is 5.10 Å². The number of hydrogen-bond donors (Lipinski definition) is 2. The molecule has 1 aromatic heterocycles. The average molecular weight is 508 g/mol. The molecule has 0 bridgehead atoms. The van der Waals surface area contributed by atoms with Crippen molar-refractivity contribution in [2.75, 3.05) is 32.6 Å². The van der Waals surface area contributed by atoms with Crippen molar-refractivity contribution < 1.29 is 23.8 Å². The normalized spacial score (nSPS) is 13.6. The highest BCUT2D eigenvalue weighted by Gasteiger charge is 2.31. The van der Waals surface area contributed by atoms with Gasteiger partial charge in [0, 0.05) is 37.8 Å². The molecule has 3 amide bonds. The van der Waals surface area contributed by atoms with Gasteiger partial charge in [0.05, 0.1) is 24.5 Å². The third kappa shape index (κ3) is 6.45. The number of urea groups is 1. The van der Waals surface area contributed by atoms with E-state index in [1.807, 2.05) is 46.8 Å². The van der Waals surface area contributed by atoms with Crippen molar-refractivity contribution in [3.63, 3.8) is 0 Å². The van der Waals surface area contributed by atoms with Crippen LogP contribution in [0.2, 0.25) is 5.02 Å². The van der Waals surface area contributed by atoms with Crippen LogP contribution in [0, 0.1) is 13.8 Å². The Bertz CT molecular complexity index is 1070. The summed E-state index contributed by atoms with van der Waals surface area (Å²) in [6, 6.07) is 3.37. The lowest BCUT2D eigenvalue weighted by Crippen LogP contribution is -2.40. The summed E-state index contributed by atoms with van der Waals surface area (Å²) >= 11 is 6.38. The molecule has 2 heterocycles. The van der Waals surface area contributed by atoms with Crippen molar-refractivity contribution in [3.05, 3.63) is 39.5 Å². The SMILES string of the molecule is COC(CNC(=O)Nc1c2c(nn1-c1cc(C)c(Cl)c(C)c1)CCN(C(=O)OC(C)(C)C)C2)OC. The Morgan fingerprint density at radius 3 is 2.37 bits per heavy atom. The molecule has 1 aliphatic heterocycles. The number of halogens is 1. The van der Waals surface area contributed by atoms with Gasteiger partial charge in [-0.05, 0) is 57.9 Å². The van der Waals surface area contributed by atoms with E-state index in [0.29, 0.717) is 23.8 Å². The van der Waals surface area contributed by atoms with Crippen molar-refractivity contribution >= 4 is 29.5 Å². The summed E-state index contributed by atoms with van der Waals surface area (Å²) in [5, 5.41) is 11.1. The highest BCUT2D eigenvalue weighted by Crippen LogP contribution is 2.32. The van der Waals surface area contributed by atoms with Gasteiger partial charge in [0.1, 0.15) is 11.4 Å². The van der Waals surface area contributed by atoms with Crippen LogP contribution in [-0.2, 0) is 27.2 Å². The molecule has 2 N–H and O–H groups in total. The molecule has 3 rings (SSSR count). The molecular weight excluding hydrogens is 474 g/mol. The third-order valence-corrected chi connectivity index (χ3v) is 6.13. The summed E-state index contributed by atoms with van der Waals surface area (Å²) in [5.74, 6) is 0.471. The summed E-state index contributed by atoms with van der Waals surface area (Å²) < 4.78 is 17.5. The number of carbonyl (C=O) groups excluding carboxylic acids is 2. The van der Waals surface area contributed by atoms with Crippen LogP contribution in [0.15, 0.2) is 12.1 Å². The van der Waals surface area contributed by atoms with Crippen LogP contribution in [0.1, 0.15) is 43.2 Å². The van der Waals surface area contributed by atoms with E-state index in [1.54, 1.807) is 9.58 Å². The van der Waals surface area contributed by atoms with E-state index in [2.05, 4.69) is 10.6 Å². The number of rotatable bonds is 6. The number of aromatic nitrogens is 2. The Balaban J connectivity index is 1.96. The molecule has 0 atom stereocenters. The minimum atomic E-state index is -0.611. The summed E-state index contributed by atoms with van der Waals surface area (Å²) in [7, 11) is 2.99. The van der Waals surface area contributed by atoms with Gasteiger partial charge in [0.15, 0.2) is 6.29 Å².